The summed E-state index contributed by atoms with van der Waals surface area (Å²) in [6.07, 6.45) is 3.52. The lowest BCUT2D eigenvalue weighted by atomic mass is 10.1. The van der Waals surface area contributed by atoms with Gasteiger partial charge in [0.15, 0.2) is 11.5 Å². The van der Waals surface area contributed by atoms with Crippen molar-refractivity contribution in [3.63, 3.8) is 0 Å². The number of rotatable bonds is 7. The summed E-state index contributed by atoms with van der Waals surface area (Å²) in [4.78, 5) is 4.35. The molecule has 0 radical (unpaired) electrons. The average molecular weight is 286 g/mol. The van der Waals surface area contributed by atoms with Crippen LogP contribution in [0.4, 0.5) is 0 Å². The van der Waals surface area contributed by atoms with Crippen LogP contribution in [0.2, 0.25) is 0 Å². The number of aromatic nitrogens is 1. The minimum Gasteiger partial charge on any atom is -0.490 e. The number of pyridine rings is 1. The van der Waals surface area contributed by atoms with Gasteiger partial charge in [0.25, 0.3) is 0 Å². The molecule has 1 atom stereocenters. The molecule has 0 bridgehead atoms. The zero-order chi connectivity index (χ0) is 15.1. The molecule has 4 nitrogen and oxygen atoms in total. The van der Waals surface area contributed by atoms with Gasteiger partial charge in [0.05, 0.1) is 18.5 Å². The summed E-state index contributed by atoms with van der Waals surface area (Å²) in [5.41, 5.74) is 6.83. The minimum atomic E-state index is -0.0285. The van der Waals surface area contributed by atoms with E-state index >= 15 is 0 Å². The molecular formula is C17H22N2O2. The van der Waals surface area contributed by atoms with Gasteiger partial charge in [-0.3, -0.25) is 4.98 Å². The number of nitrogens with zero attached hydrogens (tertiary/aromatic N) is 1. The van der Waals surface area contributed by atoms with Gasteiger partial charge in [0.1, 0.15) is 5.75 Å². The molecule has 1 aromatic carbocycles. The Bertz CT molecular complexity index is 555. The third kappa shape index (κ3) is 4.20. The van der Waals surface area contributed by atoms with E-state index in [1.54, 1.807) is 6.20 Å². The smallest absolute Gasteiger partial charge is 0.169 e. The lowest BCUT2D eigenvalue weighted by Gasteiger charge is -2.12. The van der Waals surface area contributed by atoms with Gasteiger partial charge in [-0.1, -0.05) is 26.0 Å². The van der Waals surface area contributed by atoms with E-state index < -0.39 is 0 Å². The molecule has 0 amide bonds. The Labute approximate surface area is 125 Å². The summed E-state index contributed by atoms with van der Waals surface area (Å²) in [5, 5.41) is 0. The summed E-state index contributed by atoms with van der Waals surface area (Å²) in [6.45, 7) is 4.78. The first kappa shape index (κ1) is 15.3. The summed E-state index contributed by atoms with van der Waals surface area (Å²) in [6, 6.07) is 11.4. The largest absolute Gasteiger partial charge is 0.490 e. The van der Waals surface area contributed by atoms with Crippen LogP contribution in [0.1, 0.15) is 38.4 Å². The first-order chi connectivity index (χ1) is 10.2. The molecule has 1 heterocycles. The maximum atomic E-state index is 5.95. The maximum absolute atomic E-state index is 5.95. The number of benzene rings is 1. The molecule has 112 valence electrons. The molecule has 0 unspecified atom stereocenters. The predicted molar refractivity (Wildman–Crippen MR) is 83.8 cm³/mol. The van der Waals surface area contributed by atoms with Crippen molar-refractivity contribution in [1.82, 2.24) is 4.98 Å². The zero-order valence-electron chi connectivity index (χ0n) is 12.6. The number of hydrogen-bond donors (Lipinski definition) is 1. The van der Waals surface area contributed by atoms with E-state index in [4.69, 9.17) is 15.2 Å². The van der Waals surface area contributed by atoms with Crippen LogP contribution in [-0.2, 0) is 0 Å². The van der Waals surface area contributed by atoms with Gasteiger partial charge < -0.3 is 15.2 Å². The van der Waals surface area contributed by atoms with Gasteiger partial charge in [-0.15, -0.1) is 0 Å². The Morgan fingerprint density at radius 2 is 1.86 bits per heavy atom. The number of ether oxygens (including phenoxy) is 2. The van der Waals surface area contributed by atoms with Gasteiger partial charge in [-0.25, -0.2) is 0 Å². The molecule has 21 heavy (non-hydrogen) atoms. The van der Waals surface area contributed by atoms with Crippen LogP contribution >= 0.6 is 0 Å². The second-order valence-electron chi connectivity index (χ2n) is 4.83. The summed E-state index contributed by atoms with van der Waals surface area (Å²) in [7, 11) is 0. The normalized spacial score (nSPS) is 12.0. The maximum Gasteiger partial charge on any atom is 0.169 e. The van der Waals surface area contributed by atoms with Crippen LogP contribution in [0.25, 0.3) is 0 Å². The number of para-hydroxylation sites is 2. The summed E-state index contributed by atoms with van der Waals surface area (Å²) >= 11 is 0. The second kappa shape index (κ2) is 7.64. The van der Waals surface area contributed by atoms with Gasteiger partial charge in [0, 0.05) is 6.04 Å². The van der Waals surface area contributed by atoms with Crippen molar-refractivity contribution < 1.29 is 9.47 Å². The van der Waals surface area contributed by atoms with Crippen LogP contribution in [0.3, 0.4) is 0 Å². The van der Waals surface area contributed by atoms with E-state index in [2.05, 4.69) is 11.9 Å². The van der Waals surface area contributed by atoms with E-state index in [1.165, 1.54) is 0 Å². The van der Waals surface area contributed by atoms with Crippen LogP contribution in [0.15, 0.2) is 42.6 Å². The van der Waals surface area contributed by atoms with Crippen LogP contribution in [-0.4, -0.2) is 11.6 Å². The second-order valence-corrected chi connectivity index (χ2v) is 4.83. The molecule has 1 aromatic heterocycles. The Hall–Kier alpha value is -2.07. The van der Waals surface area contributed by atoms with E-state index in [0.29, 0.717) is 18.1 Å². The number of nitrogens with two attached hydrogens (primary N) is 1. The van der Waals surface area contributed by atoms with E-state index in [1.807, 2.05) is 43.3 Å². The standard InChI is InChI=1S/C17H22N2O2/c1-3-11-20-16-7-5-6-8-17(16)21-13-9-10-15(19-12-13)14(18)4-2/h5-10,12,14H,3-4,11,18H2,1-2H3/t14-/m0/s1. The van der Waals surface area contributed by atoms with Crippen molar-refractivity contribution in [3.05, 3.63) is 48.3 Å². The highest BCUT2D eigenvalue weighted by molar-refractivity contribution is 5.42. The van der Waals surface area contributed by atoms with Crippen molar-refractivity contribution in [1.29, 1.82) is 0 Å². The van der Waals surface area contributed by atoms with E-state index in [-0.39, 0.29) is 6.04 Å². The lowest BCUT2D eigenvalue weighted by molar-refractivity contribution is 0.302. The van der Waals surface area contributed by atoms with Crippen molar-refractivity contribution in [3.8, 4) is 17.2 Å². The molecule has 2 rings (SSSR count). The highest BCUT2D eigenvalue weighted by Crippen LogP contribution is 2.31. The molecule has 2 N–H and O–H groups in total. The van der Waals surface area contributed by atoms with Gasteiger partial charge in [-0.05, 0) is 37.1 Å². The Morgan fingerprint density at radius 1 is 1.10 bits per heavy atom. The number of hydrogen-bond acceptors (Lipinski definition) is 4. The summed E-state index contributed by atoms with van der Waals surface area (Å²) in [5.74, 6) is 2.11. The Balaban J connectivity index is 2.11. The SMILES string of the molecule is CCCOc1ccccc1Oc1ccc([C@@H](N)CC)nc1. The highest BCUT2D eigenvalue weighted by Gasteiger charge is 2.08. The molecule has 4 heteroatoms. The van der Waals surface area contributed by atoms with Gasteiger partial charge in [-0.2, -0.15) is 0 Å². The topological polar surface area (TPSA) is 57.4 Å². The Kier molecular flexibility index (Phi) is 5.58. The van der Waals surface area contributed by atoms with Crippen molar-refractivity contribution in [2.75, 3.05) is 6.61 Å². The molecule has 0 saturated heterocycles. The molecule has 0 aliphatic rings. The third-order valence-electron chi connectivity index (χ3n) is 3.12. The molecular weight excluding hydrogens is 264 g/mol. The van der Waals surface area contributed by atoms with Crippen molar-refractivity contribution >= 4 is 0 Å². The zero-order valence-corrected chi connectivity index (χ0v) is 12.6. The fourth-order valence-corrected chi connectivity index (χ4v) is 1.87. The molecule has 0 spiro atoms. The van der Waals surface area contributed by atoms with Crippen molar-refractivity contribution in [2.24, 2.45) is 5.73 Å². The van der Waals surface area contributed by atoms with E-state index in [9.17, 15) is 0 Å². The quantitative estimate of drug-likeness (QED) is 0.833. The summed E-state index contributed by atoms with van der Waals surface area (Å²) < 4.78 is 11.5. The molecule has 0 aliphatic carbocycles. The molecule has 2 aromatic rings. The van der Waals surface area contributed by atoms with Crippen LogP contribution in [0.5, 0.6) is 17.2 Å². The third-order valence-corrected chi connectivity index (χ3v) is 3.12. The minimum absolute atomic E-state index is 0.0285. The van der Waals surface area contributed by atoms with Crippen LogP contribution < -0.4 is 15.2 Å². The van der Waals surface area contributed by atoms with E-state index in [0.717, 1.165) is 24.3 Å². The highest BCUT2D eigenvalue weighted by atomic mass is 16.5. The first-order valence-electron chi connectivity index (χ1n) is 7.35. The molecule has 0 aliphatic heterocycles. The van der Waals surface area contributed by atoms with Crippen LogP contribution in [0, 0.1) is 0 Å². The fourth-order valence-electron chi connectivity index (χ4n) is 1.87. The van der Waals surface area contributed by atoms with Gasteiger partial charge >= 0.3 is 0 Å². The molecule has 0 saturated carbocycles. The lowest BCUT2D eigenvalue weighted by Crippen LogP contribution is -2.10. The average Bonchev–Trinajstić information content (AvgIpc) is 2.54. The van der Waals surface area contributed by atoms with Gasteiger partial charge in [0.2, 0.25) is 0 Å². The monoisotopic (exact) mass is 286 g/mol. The fraction of sp³-hybridized carbons (Fsp3) is 0.353. The molecule has 0 fully saturated rings. The van der Waals surface area contributed by atoms with Crippen molar-refractivity contribution in [2.45, 2.75) is 32.7 Å². The predicted octanol–water partition coefficient (Wildman–Crippen LogP) is 4.07. The first-order valence-corrected chi connectivity index (χ1v) is 7.35. The Morgan fingerprint density at radius 3 is 2.48 bits per heavy atom.